The van der Waals surface area contributed by atoms with Gasteiger partial charge in [-0.15, -0.1) is 11.3 Å². The molecule has 0 N–H and O–H groups in total. The number of hydrogen-bond acceptors (Lipinski definition) is 4. The first-order chi connectivity index (χ1) is 5.97. The highest BCUT2D eigenvalue weighted by Gasteiger charge is 2.51. The van der Waals surface area contributed by atoms with E-state index in [1.54, 1.807) is 11.3 Å². The van der Waals surface area contributed by atoms with E-state index in [-0.39, 0.29) is 0 Å². The van der Waals surface area contributed by atoms with E-state index >= 15 is 0 Å². The van der Waals surface area contributed by atoms with Crippen molar-refractivity contribution >= 4 is 16.5 Å². The third-order valence-corrected chi connectivity index (χ3v) is 3.23. The van der Waals surface area contributed by atoms with Gasteiger partial charge >= 0.3 is 0 Å². The Labute approximate surface area is 75.0 Å². The van der Waals surface area contributed by atoms with Crippen molar-refractivity contribution in [1.82, 2.24) is 4.98 Å². The predicted octanol–water partition coefficient (Wildman–Crippen LogP) is 1.47. The summed E-state index contributed by atoms with van der Waals surface area (Å²) < 4.78 is 5.58. The molecule has 64 valence electrons. The van der Waals surface area contributed by atoms with Gasteiger partial charge in [0.2, 0.25) is 0 Å². The average molecular weight is 182 g/mol. The maximum Gasteiger partial charge on any atom is 0.187 e. The Morgan fingerprint density at radius 2 is 2.67 bits per heavy atom. The molecule has 1 aromatic heterocycles. The quantitative estimate of drug-likeness (QED) is 0.615. The molecule has 0 amide bonds. The van der Waals surface area contributed by atoms with Crippen molar-refractivity contribution < 1.29 is 4.74 Å². The fourth-order valence-corrected chi connectivity index (χ4v) is 2.55. The molecule has 3 rings (SSSR count). The zero-order valence-electron chi connectivity index (χ0n) is 6.64. The van der Waals surface area contributed by atoms with Crippen molar-refractivity contribution in [3.63, 3.8) is 0 Å². The number of anilines is 1. The van der Waals surface area contributed by atoms with Gasteiger partial charge in [-0.2, -0.15) is 0 Å². The molecule has 3 heterocycles. The number of ether oxygens (including phenoxy) is 1. The first-order valence-corrected chi connectivity index (χ1v) is 5.14. The molecular weight excluding hydrogens is 172 g/mol. The third-order valence-electron chi connectivity index (χ3n) is 2.44. The molecule has 1 aromatic rings. The Morgan fingerprint density at radius 1 is 1.67 bits per heavy atom. The number of rotatable bonds is 1. The molecule has 12 heavy (non-hydrogen) atoms. The molecule has 2 fully saturated rings. The number of aromatic nitrogens is 1. The van der Waals surface area contributed by atoms with E-state index in [0.717, 1.165) is 11.7 Å². The largest absolute Gasteiger partial charge is 0.356 e. The van der Waals surface area contributed by atoms with E-state index in [9.17, 15) is 0 Å². The van der Waals surface area contributed by atoms with Gasteiger partial charge in [0, 0.05) is 18.2 Å². The highest BCUT2D eigenvalue weighted by molar-refractivity contribution is 7.13. The summed E-state index contributed by atoms with van der Waals surface area (Å²) >= 11 is 1.69. The summed E-state index contributed by atoms with van der Waals surface area (Å²) in [6, 6.07) is 0.630. The van der Waals surface area contributed by atoms with Crippen LogP contribution < -0.4 is 4.90 Å². The number of fused-ring (bicyclic) bond motifs is 1. The van der Waals surface area contributed by atoms with Crippen LogP contribution in [0.15, 0.2) is 11.6 Å². The molecule has 0 spiro atoms. The van der Waals surface area contributed by atoms with Crippen molar-refractivity contribution in [2.24, 2.45) is 0 Å². The van der Waals surface area contributed by atoms with Crippen molar-refractivity contribution in [3.05, 3.63) is 11.6 Å². The Hall–Kier alpha value is -0.610. The van der Waals surface area contributed by atoms with Gasteiger partial charge in [-0.3, -0.25) is 0 Å². The standard InChI is InChI=1S/C8H10N2OS/c1-2-6-7(11-4-1)10(6)8-9-3-5-12-8/h3,5-7H,1-2,4H2/t6-,7+,10?/m0/s1. The fourth-order valence-electron chi connectivity index (χ4n) is 1.82. The lowest BCUT2D eigenvalue weighted by Gasteiger charge is -2.04. The summed E-state index contributed by atoms with van der Waals surface area (Å²) in [4.78, 5) is 6.54. The van der Waals surface area contributed by atoms with Crippen LogP contribution in [0.2, 0.25) is 0 Å². The van der Waals surface area contributed by atoms with Crippen LogP contribution in [0.4, 0.5) is 5.13 Å². The number of thiazole rings is 1. The van der Waals surface area contributed by atoms with Gasteiger partial charge < -0.3 is 9.64 Å². The Bertz CT molecular complexity index is 263. The number of hydrogen-bond donors (Lipinski definition) is 0. The summed E-state index contributed by atoms with van der Waals surface area (Å²) in [6.07, 6.45) is 4.67. The first kappa shape index (κ1) is 6.86. The summed E-state index contributed by atoms with van der Waals surface area (Å²) in [5.74, 6) is 0. The second-order valence-corrected chi connectivity index (χ2v) is 4.07. The van der Waals surface area contributed by atoms with Gasteiger partial charge in [0.05, 0.1) is 6.04 Å². The molecule has 3 nitrogen and oxygen atoms in total. The minimum atomic E-state index is 0.352. The van der Waals surface area contributed by atoms with Crippen LogP contribution in [-0.2, 0) is 4.74 Å². The maximum atomic E-state index is 5.58. The Balaban J connectivity index is 1.81. The summed E-state index contributed by atoms with van der Waals surface area (Å²) in [6.45, 7) is 0.920. The molecule has 0 bridgehead atoms. The minimum absolute atomic E-state index is 0.352. The lowest BCUT2D eigenvalue weighted by Crippen LogP contribution is -2.08. The molecule has 0 aromatic carbocycles. The molecule has 2 atom stereocenters. The van der Waals surface area contributed by atoms with Gasteiger partial charge in [0.1, 0.15) is 0 Å². The van der Waals surface area contributed by atoms with Gasteiger partial charge in [-0.1, -0.05) is 0 Å². The molecule has 4 heteroatoms. The van der Waals surface area contributed by atoms with E-state index in [4.69, 9.17) is 4.74 Å². The summed E-state index contributed by atoms with van der Waals surface area (Å²) in [7, 11) is 0. The minimum Gasteiger partial charge on any atom is -0.356 e. The Morgan fingerprint density at radius 3 is 3.33 bits per heavy atom. The van der Waals surface area contributed by atoms with Crippen molar-refractivity contribution in [3.8, 4) is 0 Å². The molecular formula is C8H10N2OS. The zero-order chi connectivity index (χ0) is 7.97. The maximum absolute atomic E-state index is 5.58. The SMILES string of the molecule is c1csc(N2[C@@H]3OCCC[C@@H]32)n1. The van der Waals surface area contributed by atoms with E-state index in [2.05, 4.69) is 9.88 Å². The van der Waals surface area contributed by atoms with E-state index < -0.39 is 0 Å². The highest BCUT2D eigenvalue weighted by Crippen LogP contribution is 2.41. The molecule has 2 aliphatic heterocycles. The van der Waals surface area contributed by atoms with Crippen LogP contribution in [0.5, 0.6) is 0 Å². The van der Waals surface area contributed by atoms with Crippen LogP contribution in [-0.4, -0.2) is 23.9 Å². The Kier molecular flexibility index (Phi) is 1.39. The second-order valence-electron chi connectivity index (χ2n) is 3.19. The lowest BCUT2D eigenvalue weighted by atomic mass is 10.2. The van der Waals surface area contributed by atoms with E-state index in [0.29, 0.717) is 12.3 Å². The smallest absolute Gasteiger partial charge is 0.187 e. The summed E-state index contributed by atoms with van der Waals surface area (Å²) in [5.41, 5.74) is 0. The van der Waals surface area contributed by atoms with Crippen molar-refractivity contribution in [2.45, 2.75) is 25.1 Å². The molecule has 0 saturated carbocycles. The monoisotopic (exact) mass is 182 g/mol. The lowest BCUT2D eigenvalue weighted by molar-refractivity contribution is 0.0913. The van der Waals surface area contributed by atoms with Crippen molar-refractivity contribution in [1.29, 1.82) is 0 Å². The molecule has 0 aliphatic carbocycles. The van der Waals surface area contributed by atoms with Crippen LogP contribution in [0.25, 0.3) is 0 Å². The van der Waals surface area contributed by atoms with E-state index in [1.165, 1.54) is 12.8 Å². The fraction of sp³-hybridized carbons (Fsp3) is 0.625. The van der Waals surface area contributed by atoms with Crippen LogP contribution >= 0.6 is 11.3 Å². The average Bonchev–Trinajstić information content (AvgIpc) is 2.58. The zero-order valence-corrected chi connectivity index (χ0v) is 7.46. The molecule has 0 unspecified atom stereocenters. The molecule has 2 saturated heterocycles. The topological polar surface area (TPSA) is 25.1 Å². The first-order valence-electron chi connectivity index (χ1n) is 4.26. The van der Waals surface area contributed by atoms with Gasteiger partial charge in [0.15, 0.2) is 11.4 Å². The van der Waals surface area contributed by atoms with Crippen LogP contribution in [0, 0.1) is 0 Å². The third kappa shape index (κ3) is 0.881. The normalized spacial score (nSPS) is 33.2. The van der Waals surface area contributed by atoms with Crippen LogP contribution in [0.3, 0.4) is 0 Å². The predicted molar refractivity (Wildman–Crippen MR) is 47.4 cm³/mol. The number of nitrogens with zero attached hydrogens (tertiary/aromatic N) is 2. The summed E-state index contributed by atoms with van der Waals surface area (Å²) in [5, 5.41) is 3.13. The van der Waals surface area contributed by atoms with Gasteiger partial charge in [-0.05, 0) is 12.8 Å². The van der Waals surface area contributed by atoms with Gasteiger partial charge in [0.25, 0.3) is 0 Å². The molecule has 0 radical (unpaired) electrons. The highest BCUT2D eigenvalue weighted by atomic mass is 32.1. The van der Waals surface area contributed by atoms with Crippen LogP contribution in [0.1, 0.15) is 12.8 Å². The van der Waals surface area contributed by atoms with Gasteiger partial charge in [-0.25, -0.2) is 4.98 Å². The van der Waals surface area contributed by atoms with Crippen molar-refractivity contribution in [2.75, 3.05) is 11.5 Å². The van der Waals surface area contributed by atoms with E-state index in [1.807, 2.05) is 11.6 Å². The molecule has 2 aliphatic rings. The second kappa shape index (κ2) is 2.44.